The van der Waals surface area contributed by atoms with Crippen molar-refractivity contribution in [3.8, 4) is 0 Å². The summed E-state index contributed by atoms with van der Waals surface area (Å²) in [6, 6.07) is 8.93. The Hall–Kier alpha value is -1.17. The van der Waals surface area contributed by atoms with Gasteiger partial charge in [-0.3, -0.25) is 4.55 Å². The molecule has 1 aromatic carbocycles. The van der Waals surface area contributed by atoms with Crippen LogP contribution in [0.15, 0.2) is 35.9 Å². The van der Waals surface area contributed by atoms with E-state index in [0.717, 1.165) is 5.56 Å². The highest BCUT2D eigenvalue weighted by molar-refractivity contribution is 7.86. The smallest absolute Gasteiger partial charge is 0.296 e. The lowest BCUT2D eigenvalue weighted by atomic mass is 10.1. The molecule has 0 saturated heterocycles. The van der Waals surface area contributed by atoms with E-state index >= 15 is 0 Å². The Balaban J connectivity index is 2.95. The van der Waals surface area contributed by atoms with E-state index in [1.54, 1.807) is 24.3 Å². The van der Waals surface area contributed by atoms with Crippen molar-refractivity contribution in [3.63, 3.8) is 0 Å². The SMILES string of the molecule is C/C(=C\c1ccccc1)C(O)S(=O)(=O)O. The Bertz CT molecular complexity index is 448. The van der Waals surface area contributed by atoms with E-state index in [1.807, 2.05) is 6.07 Å². The molecule has 5 heteroatoms. The van der Waals surface area contributed by atoms with E-state index in [2.05, 4.69) is 0 Å². The maximum absolute atomic E-state index is 10.6. The van der Waals surface area contributed by atoms with Gasteiger partial charge in [-0.15, -0.1) is 0 Å². The topological polar surface area (TPSA) is 74.6 Å². The standard InChI is InChI=1S/C10H12O4S/c1-8(10(11)15(12,13)14)7-9-5-3-2-4-6-9/h2-7,10-11H,1H3,(H,12,13,14)/b8-7+. The summed E-state index contributed by atoms with van der Waals surface area (Å²) in [6.45, 7) is 1.44. The van der Waals surface area contributed by atoms with Crippen LogP contribution >= 0.6 is 0 Å². The monoisotopic (exact) mass is 228 g/mol. The maximum Gasteiger partial charge on any atom is 0.296 e. The van der Waals surface area contributed by atoms with Crippen LogP contribution in [0, 0.1) is 0 Å². The molecule has 0 aliphatic rings. The summed E-state index contributed by atoms with van der Waals surface area (Å²) < 4.78 is 29.9. The first-order chi connectivity index (χ1) is 6.91. The summed E-state index contributed by atoms with van der Waals surface area (Å²) in [4.78, 5) is 0. The molecule has 0 radical (unpaired) electrons. The Morgan fingerprint density at radius 1 is 1.33 bits per heavy atom. The van der Waals surface area contributed by atoms with Crippen molar-refractivity contribution in [3.05, 3.63) is 41.5 Å². The lowest BCUT2D eigenvalue weighted by molar-refractivity contribution is 0.266. The van der Waals surface area contributed by atoms with E-state index in [-0.39, 0.29) is 5.57 Å². The first-order valence-corrected chi connectivity index (χ1v) is 5.79. The van der Waals surface area contributed by atoms with Crippen molar-refractivity contribution in [2.75, 3.05) is 0 Å². The number of aliphatic hydroxyl groups excluding tert-OH is 1. The van der Waals surface area contributed by atoms with Gasteiger partial charge in [0.05, 0.1) is 0 Å². The molecule has 0 spiro atoms. The van der Waals surface area contributed by atoms with Gasteiger partial charge in [0.2, 0.25) is 5.44 Å². The highest BCUT2D eigenvalue weighted by atomic mass is 32.2. The third-order valence-corrected chi connectivity index (χ3v) is 2.80. The van der Waals surface area contributed by atoms with Crippen LogP contribution in [0.2, 0.25) is 0 Å². The van der Waals surface area contributed by atoms with Gasteiger partial charge in [0.15, 0.2) is 0 Å². The predicted octanol–water partition coefficient (Wildman–Crippen LogP) is 1.30. The quantitative estimate of drug-likeness (QED) is 0.764. The van der Waals surface area contributed by atoms with Gasteiger partial charge in [-0.1, -0.05) is 36.4 Å². The van der Waals surface area contributed by atoms with Crippen LogP contribution in [0.4, 0.5) is 0 Å². The molecule has 0 heterocycles. The lowest BCUT2D eigenvalue weighted by Gasteiger charge is -2.07. The average molecular weight is 228 g/mol. The van der Waals surface area contributed by atoms with E-state index in [1.165, 1.54) is 13.0 Å². The van der Waals surface area contributed by atoms with Gasteiger partial charge in [0.1, 0.15) is 0 Å². The molecule has 0 amide bonds. The minimum atomic E-state index is -4.43. The fraction of sp³-hybridized carbons (Fsp3) is 0.200. The van der Waals surface area contributed by atoms with Crippen LogP contribution in [-0.4, -0.2) is 23.5 Å². The van der Waals surface area contributed by atoms with E-state index < -0.39 is 15.6 Å². The summed E-state index contributed by atoms with van der Waals surface area (Å²) in [5.74, 6) is 0. The number of aliphatic hydroxyl groups is 1. The Labute approximate surface area is 88.6 Å². The second-order valence-corrected chi connectivity index (χ2v) is 4.64. The first-order valence-electron chi connectivity index (χ1n) is 4.29. The molecule has 82 valence electrons. The van der Waals surface area contributed by atoms with Gasteiger partial charge in [-0.2, -0.15) is 8.42 Å². The second-order valence-electron chi connectivity index (χ2n) is 3.17. The second kappa shape index (κ2) is 4.57. The largest absolute Gasteiger partial charge is 0.372 e. The minimum absolute atomic E-state index is 0.170. The zero-order chi connectivity index (χ0) is 11.5. The zero-order valence-corrected chi connectivity index (χ0v) is 8.98. The molecule has 1 atom stereocenters. The van der Waals surface area contributed by atoms with Crippen LogP contribution < -0.4 is 0 Å². The van der Waals surface area contributed by atoms with Gasteiger partial charge in [0.25, 0.3) is 10.1 Å². The fourth-order valence-corrected chi connectivity index (χ4v) is 1.66. The van der Waals surface area contributed by atoms with Gasteiger partial charge in [-0.05, 0) is 18.1 Å². The summed E-state index contributed by atoms with van der Waals surface area (Å²) in [5.41, 5.74) is -0.931. The first kappa shape index (κ1) is 11.9. The third kappa shape index (κ3) is 3.47. The zero-order valence-electron chi connectivity index (χ0n) is 8.16. The molecule has 0 fully saturated rings. The van der Waals surface area contributed by atoms with Crippen molar-refractivity contribution < 1.29 is 18.1 Å². The number of hydrogen-bond donors (Lipinski definition) is 2. The lowest BCUT2D eigenvalue weighted by Crippen LogP contribution is -2.20. The third-order valence-electron chi connectivity index (χ3n) is 1.87. The highest BCUT2D eigenvalue weighted by Crippen LogP contribution is 2.12. The molecule has 1 aromatic rings. The molecule has 2 N–H and O–H groups in total. The highest BCUT2D eigenvalue weighted by Gasteiger charge is 2.20. The van der Waals surface area contributed by atoms with E-state index in [9.17, 15) is 13.5 Å². The molecule has 0 aromatic heterocycles. The number of benzene rings is 1. The normalized spacial score (nSPS) is 15.0. The molecule has 0 bridgehead atoms. The van der Waals surface area contributed by atoms with Crippen LogP contribution in [0.25, 0.3) is 6.08 Å². The predicted molar refractivity (Wildman–Crippen MR) is 57.6 cm³/mol. The van der Waals surface area contributed by atoms with Crippen LogP contribution in [-0.2, 0) is 10.1 Å². The summed E-state index contributed by atoms with van der Waals surface area (Å²) in [6.07, 6.45) is 1.50. The molecule has 0 aliphatic carbocycles. The van der Waals surface area contributed by atoms with Crippen LogP contribution in [0.1, 0.15) is 12.5 Å². The summed E-state index contributed by atoms with van der Waals surface area (Å²) in [7, 11) is -4.43. The van der Waals surface area contributed by atoms with Crippen molar-refractivity contribution in [2.45, 2.75) is 12.4 Å². The van der Waals surface area contributed by atoms with Crippen molar-refractivity contribution in [2.24, 2.45) is 0 Å². The summed E-state index contributed by atoms with van der Waals surface area (Å²) in [5, 5.41) is 9.21. The Morgan fingerprint density at radius 3 is 2.33 bits per heavy atom. The van der Waals surface area contributed by atoms with E-state index in [4.69, 9.17) is 4.55 Å². The molecule has 0 aliphatic heterocycles. The van der Waals surface area contributed by atoms with Crippen molar-refractivity contribution >= 4 is 16.2 Å². The van der Waals surface area contributed by atoms with Gasteiger partial charge in [0, 0.05) is 0 Å². The minimum Gasteiger partial charge on any atom is -0.372 e. The van der Waals surface area contributed by atoms with Crippen LogP contribution in [0.3, 0.4) is 0 Å². The molecule has 0 saturated carbocycles. The molecular weight excluding hydrogens is 216 g/mol. The van der Waals surface area contributed by atoms with Gasteiger partial charge >= 0.3 is 0 Å². The number of hydrogen-bond acceptors (Lipinski definition) is 3. The average Bonchev–Trinajstić information content (AvgIpc) is 2.16. The van der Waals surface area contributed by atoms with Crippen LogP contribution in [0.5, 0.6) is 0 Å². The molecule has 1 rings (SSSR count). The molecule has 1 unspecified atom stereocenters. The van der Waals surface area contributed by atoms with Gasteiger partial charge in [-0.25, -0.2) is 0 Å². The maximum atomic E-state index is 10.6. The Kier molecular flexibility index (Phi) is 3.62. The molecule has 4 nitrogen and oxygen atoms in total. The Morgan fingerprint density at radius 2 is 1.87 bits per heavy atom. The summed E-state index contributed by atoms with van der Waals surface area (Å²) >= 11 is 0. The molecule has 15 heavy (non-hydrogen) atoms. The fourth-order valence-electron chi connectivity index (χ4n) is 1.12. The number of rotatable bonds is 3. The van der Waals surface area contributed by atoms with E-state index in [0.29, 0.717) is 0 Å². The van der Waals surface area contributed by atoms with Gasteiger partial charge < -0.3 is 5.11 Å². The molecular formula is C10H12O4S. The van der Waals surface area contributed by atoms with Crippen molar-refractivity contribution in [1.82, 2.24) is 0 Å². The van der Waals surface area contributed by atoms with Crippen molar-refractivity contribution in [1.29, 1.82) is 0 Å².